The van der Waals surface area contributed by atoms with Gasteiger partial charge < -0.3 is 9.84 Å². The van der Waals surface area contributed by atoms with E-state index in [1.54, 1.807) is 40.3 Å². The van der Waals surface area contributed by atoms with E-state index in [0.717, 1.165) is 22.1 Å². The van der Waals surface area contributed by atoms with E-state index in [1.807, 2.05) is 36.6 Å². The SMILES string of the molecule is Cc1ccc(OCc2nc(CSc3nnnn3-c3ccc(O)cc3)cs2)cc1. The van der Waals surface area contributed by atoms with Crippen LogP contribution in [0.4, 0.5) is 0 Å². The first-order valence-corrected chi connectivity index (χ1v) is 10.4. The molecule has 4 rings (SSSR count). The third-order valence-electron chi connectivity index (χ3n) is 3.87. The fraction of sp³-hybridized carbons (Fsp3) is 0.158. The van der Waals surface area contributed by atoms with Crippen molar-refractivity contribution in [3.8, 4) is 17.2 Å². The van der Waals surface area contributed by atoms with Gasteiger partial charge in [-0.3, -0.25) is 0 Å². The van der Waals surface area contributed by atoms with Crippen LogP contribution in [0.5, 0.6) is 11.5 Å². The summed E-state index contributed by atoms with van der Waals surface area (Å²) in [5.41, 5.74) is 2.95. The van der Waals surface area contributed by atoms with Gasteiger partial charge >= 0.3 is 0 Å². The molecule has 4 aromatic rings. The molecule has 0 atom stereocenters. The molecule has 2 aromatic carbocycles. The zero-order valence-electron chi connectivity index (χ0n) is 15.0. The quantitative estimate of drug-likeness (QED) is 0.460. The van der Waals surface area contributed by atoms with Gasteiger partial charge in [-0.2, -0.15) is 4.68 Å². The van der Waals surface area contributed by atoms with Crippen LogP contribution in [0.3, 0.4) is 0 Å². The van der Waals surface area contributed by atoms with Crippen molar-refractivity contribution in [1.29, 1.82) is 0 Å². The third kappa shape index (κ3) is 4.49. The minimum atomic E-state index is 0.203. The summed E-state index contributed by atoms with van der Waals surface area (Å²) >= 11 is 3.08. The maximum absolute atomic E-state index is 9.42. The number of aromatic nitrogens is 5. The average Bonchev–Trinajstić information content (AvgIpc) is 3.36. The number of nitrogens with zero attached hydrogens (tertiary/aromatic N) is 5. The molecule has 7 nitrogen and oxygen atoms in total. The number of thiazole rings is 1. The highest BCUT2D eigenvalue weighted by atomic mass is 32.2. The standard InChI is InChI=1S/C19H17N5O2S2/c1-13-2-8-17(9-3-13)26-10-18-20-14(11-27-18)12-28-19-21-22-23-24(19)15-4-6-16(25)7-5-15/h2-9,11,25H,10,12H2,1H3. The molecule has 0 spiro atoms. The smallest absolute Gasteiger partial charge is 0.214 e. The zero-order chi connectivity index (χ0) is 19.3. The summed E-state index contributed by atoms with van der Waals surface area (Å²) < 4.78 is 7.42. The van der Waals surface area contributed by atoms with Crippen molar-refractivity contribution >= 4 is 23.1 Å². The monoisotopic (exact) mass is 411 g/mol. The van der Waals surface area contributed by atoms with Crippen molar-refractivity contribution in [2.75, 3.05) is 0 Å². The molecule has 9 heteroatoms. The van der Waals surface area contributed by atoms with Gasteiger partial charge in [-0.15, -0.1) is 16.4 Å². The predicted molar refractivity (Wildman–Crippen MR) is 108 cm³/mol. The Bertz CT molecular complexity index is 1040. The molecule has 0 saturated carbocycles. The fourth-order valence-electron chi connectivity index (χ4n) is 2.42. The molecule has 0 unspecified atom stereocenters. The molecule has 0 aliphatic heterocycles. The van der Waals surface area contributed by atoms with Gasteiger partial charge in [0.2, 0.25) is 5.16 Å². The molecule has 28 heavy (non-hydrogen) atoms. The minimum Gasteiger partial charge on any atom is -0.508 e. The molecule has 2 heterocycles. The Hall–Kier alpha value is -2.91. The van der Waals surface area contributed by atoms with Crippen LogP contribution >= 0.6 is 23.1 Å². The molecule has 1 N–H and O–H groups in total. The van der Waals surface area contributed by atoms with Crippen LogP contribution < -0.4 is 4.74 Å². The third-order valence-corrected chi connectivity index (χ3v) is 5.69. The fourth-order valence-corrected chi connectivity index (χ4v) is 4.02. The van der Waals surface area contributed by atoms with Crippen LogP contribution in [0.2, 0.25) is 0 Å². The van der Waals surface area contributed by atoms with Gasteiger partial charge in [0.1, 0.15) is 23.1 Å². The molecular weight excluding hydrogens is 394 g/mol. The van der Waals surface area contributed by atoms with Crippen molar-refractivity contribution in [3.63, 3.8) is 0 Å². The Morgan fingerprint density at radius 2 is 1.89 bits per heavy atom. The molecule has 0 saturated heterocycles. The van der Waals surface area contributed by atoms with Crippen LogP contribution in [0.15, 0.2) is 59.1 Å². The number of aromatic hydroxyl groups is 1. The lowest BCUT2D eigenvalue weighted by molar-refractivity contribution is 0.305. The summed E-state index contributed by atoms with van der Waals surface area (Å²) in [5, 5.41) is 24.9. The lowest BCUT2D eigenvalue weighted by atomic mass is 10.2. The maximum atomic E-state index is 9.42. The van der Waals surface area contributed by atoms with Crippen LogP contribution in [0.1, 0.15) is 16.3 Å². The molecule has 0 aliphatic carbocycles. The number of phenolic OH excluding ortho intramolecular Hbond substituents is 1. The van der Waals surface area contributed by atoms with Gasteiger partial charge in [-0.25, -0.2) is 4.98 Å². The van der Waals surface area contributed by atoms with Gasteiger partial charge in [0, 0.05) is 11.1 Å². The zero-order valence-corrected chi connectivity index (χ0v) is 16.7. The van der Waals surface area contributed by atoms with Crippen molar-refractivity contribution < 1.29 is 9.84 Å². The number of thioether (sulfide) groups is 1. The number of hydrogen-bond donors (Lipinski definition) is 1. The maximum Gasteiger partial charge on any atom is 0.214 e. The van der Waals surface area contributed by atoms with E-state index in [2.05, 4.69) is 20.5 Å². The van der Waals surface area contributed by atoms with Crippen molar-refractivity contribution in [2.24, 2.45) is 0 Å². The average molecular weight is 412 g/mol. The topological polar surface area (TPSA) is 86.0 Å². The molecule has 0 aliphatic rings. The second-order valence-electron chi connectivity index (χ2n) is 6.01. The number of rotatable bonds is 7. The van der Waals surface area contributed by atoms with Crippen LogP contribution in [-0.2, 0) is 12.4 Å². The van der Waals surface area contributed by atoms with Crippen molar-refractivity contribution in [2.45, 2.75) is 24.4 Å². The lowest BCUT2D eigenvalue weighted by Gasteiger charge is -2.04. The van der Waals surface area contributed by atoms with Crippen molar-refractivity contribution in [3.05, 3.63) is 70.2 Å². The second kappa shape index (κ2) is 8.41. The van der Waals surface area contributed by atoms with Gasteiger partial charge in [0.25, 0.3) is 0 Å². The Morgan fingerprint density at radius 1 is 1.11 bits per heavy atom. The summed E-state index contributed by atoms with van der Waals surface area (Å²) in [4.78, 5) is 4.62. The lowest BCUT2D eigenvalue weighted by Crippen LogP contribution is -1.99. The number of benzene rings is 2. The molecular formula is C19H17N5O2S2. The number of ether oxygens (including phenoxy) is 1. The molecule has 0 bridgehead atoms. The van der Waals surface area contributed by atoms with Crippen LogP contribution in [0, 0.1) is 6.92 Å². The summed E-state index contributed by atoms with van der Waals surface area (Å²) in [6, 6.07) is 14.7. The molecule has 0 amide bonds. The highest BCUT2D eigenvalue weighted by Gasteiger charge is 2.11. The second-order valence-corrected chi connectivity index (χ2v) is 7.90. The Morgan fingerprint density at radius 3 is 2.68 bits per heavy atom. The van der Waals surface area contributed by atoms with Gasteiger partial charge in [-0.1, -0.05) is 29.5 Å². The summed E-state index contributed by atoms with van der Waals surface area (Å²) in [5.74, 6) is 1.69. The van der Waals surface area contributed by atoms with Crippen molar-refractivity contribution in [1.82, 2.24) is 25.2 Å². The van der Waals surface area contributed by atoms with Gasteiger partial charge in [0.05, 0.1) is 11.4 Å². The van der Waals surface area contributed by atoms with E-state index in [9.17, 15) is 5.11 Å². The van der Waals surface area contributed by atoms with E-state index in [-0.39, 0.29) is 5.75 Å². The van der Waals surface area contributed by atoms with E-state index >= 15 is 0 Å². The molecule has 2 aromatic heterocycles. The molecule has 0 fully saturated rings. The Kier molecular flexibility index (Phi) is 5.54. The van der Waals surface area contributed by atoms with Crippen LogP contribution in [-0.4, -0.2) is 30.3 Å². The number of aryl methyl sites for hydroxylation is 1. The number of hydrogen-bond acceptors (Lipinski definition) is 8. The first kappa shape index (κ1) is 18.5. The highest BCUT2D eigenvalue weighted by molar-refractivity contribution is 7.98. The molecule has 142 valence electrons. The summed E-state index contributed by atoms with van der Waals surface area (Å²) in [6.45, 7) is 2.50. The van der Waals surface area contributed by atoms with E-state index in [4.69, 9.17) is 4.74 Å². The first-order chi connectivity index (χ1) is 13.7. The minimum absolute atomic E-state index is 0.203. The van der Waals surface area contributed by atoms with Crippen LogP contribution in [0.25, 0.3) is 5.69 Å². The van der Waals surface area contributed by atoms with Gasteiger partial charge in [-0.05, 0) is 53.7 Å². The van der Waals surface area contributed by atoms with E-state index < -0.39 is 0 Å². The number of tetrazole rings is 1. The molecule has 0 radical (unpaired) electrons. The first-order valence-electron chi connectivity index (χ1n) is 8.51. The Labute approximate surface area is 170 Å². The van der Waals surface area contributed by atoms with E-state index in [1.165, 1.54) is 17.3 Å². The number of phenols is 1. The summed E-state index contributed by atoms with van der Waals surface area (Å²) in [6.07, 6.45) is 0. The predicted octanol–water partition coefficient (Wildman–Crippen LogP) is 4.00. The Balaban J connectivity index is 1.35. The van der Waals surface area contributed by atoms with E-state index in [0.29, 0.717) is 17.5 Å². The largest absolute Gasteiger partial charge is 0.508 e. The normalized spacial score (nSPS) is 10.9. The highest BCUT2D eigenvalue weighted by Crippen LogP contribution is 2.24. The van der Waals surface area contributed by atoms with Gasteiger partial charge in [0.15, 0.2) is 0 Å². The summed E-state index contributed by atoms with van der Waals surface area (Å²) in [7, 11) is 0.